The van der Waals surface area contributed by atoms with Crippen molar-refractivity contribution >= 4 is 5.91 Å². The Morgan fingerprint density at radius 1 is 1.14 bits per heavy atom. The second-order valence-corrected chi connectivity index (χ2v) is 6.28. The number of hydrogen-bond donors (Lipinski definition) is 0. The fourth-order valence-electron chi connectivity index (χ4n) is 2.86. The number of amides is 1. The van der Waals surface area contributed by atoms with Crippen LogP contribution in [-0.2, 0) is 11.2 Å². The SMILES string of the molecule is CN1C(c2cnc(OCC(F)(F)F)nc2)C=CC(=O)N1CCc1ccccc1. The van der Waals surface area contributed by atoms with Crippen molar-refractivity contribution in [1.29, 1.82) is 0 Å². The van der Waals surface area contributed by atoms with E-state index in [1.165, 1.54) is 18.5 Å². The van der Waals surface area contributed by atoms with E-state index in [0.29, 0.717) is 18.5 Å². The summed E-state index contributed by atoms with van der Waals surface area (Å²) in [5.41, 5.74) is 1.75. The molecule has 0 fully saturated rings. The van der Waals surface area contributed by atoms with Crippen LogP contribution < -0.4 is 4.74 Å². The number of alkyl halides is 3. The molecule has 0 radical (unpaired) electrons. The zero-order valence-electron chi connectivity index (χ0n) is 15.1. The smallest absolute Gasteiger partial charge is 0.422 e. The molecule has 0 N–H and O–H groups in total. The first kappa shape index (κ1) is 19.8. The summed E-state index contributed by atoms with van der Waals surface area (Å²) in [7, 11) is 1.77. The number of carbonyl (C=O) groups excluding carboxylic acids is 1. The highest BCUT2D eigenvalue weighted by Crippen LogP contribution is 2.26. The van der Waals surface area contributed by atoms with E-state index in [1.54, 1.807) is 23.1 Å². The van der Waals surface area contributed by atoms with Gasteiger partial charge in [-0.05, 0) is 12.0 Å². The number of nitrogens with zero attached hydrogens (tertiary/aromatic N) is 4. The van der Waals surface area contributed by atoms with Crippen molar-refractivity contribution in [3.8, 4) is 6.01 Å². The first-order valence-corrected chi connectivity index (χ1v) is 8.61. The lowest BCUT2D eigenvalue weighted by Gasteiger charge is -2.38. The van der Waals surface area contributed by atoms with Crippen LogP contribution in [0.4, 0.5) is 13.2 Å². The third-order valence-electron chi connectivity index (χ3n) is 4.27. The molecule has 1 amide bonds. The van der Waals surface area contributed by atoms with E-state index in [1.807, 2.05) is 30.3 Å². The Hall–Kier alpha value is -2.94. The van der Waals surface area contributed by atoms with Crippen LogP contribution in [0.5, 0.6) is 6.01 Å². The van der Waals surface area contributed by atoms with Crippen molar-refractivity contribution in [3.05, 3.63) is 66.0 Å². The van der Waals surface area contributed by atoms with Gasteiger partial charge < -0.3 is 4.74 Å². The first-order valence-electron chi connectivity index (χ1n) is 8.61. The molecule has 1 aliphatic heterocycles. The van der Waals surface area contributed by atoms with E-state index in [2.05, 4.69) is 14.7 Å². The van der Waals surface area contributed by atoms with Crippen molar-refractivity contribution in [1.82, 2.24) is 20.0 Å². The van der Waals surface area contributed by atoms with Crippen LogP contribution in [0.1, 0.15) is 17.2 Å². The van der Waals surface area contributed by atoms with E-state index >= 15 is 0 Å². The molecule has 148 valence electrons. The number of benzene rings is 1. The number of aromatic nitrogens is 2. The third-order valence-corrected chi connectivity index (χ3v) is 4.27. The number of rotatable bonds is 6. The van der Waals surface area contributed by atoms with Gasteiger partial charge in [0.05, 0.1) is 6.04 Å². The predicted molar refractivity (Wildman–Crippen MR) is 95.1 cm³/mol. The Balaban J connectivity index is 1.66. The van der Waals surface area contributed by atoms with Crippen LogP contribution in [0.2, 0.25) is 0 Å². The Morgan fingerprint density at radius 3 is 2.46 bits per heavy atom. The van der Waals surface area contributed by atoms with Crippen LogP contribution in [0.15, 0.2) is 54.9 Å². The number of hydrogen-bond acceptors (Lipinski definition) is 5. The van der Waals surface area contributed by atoms with Crippen LogP contribution in [0.3, 0.4) is 0 Å². The minimum Gasteiger partial charge on any atom is -0.454 e. The molecule has 0 saturated carbocycles. The lowest BCUT2D eigenvalue weighted by Crippen LogP contribution is -2.48. The number of carbonyl (C=O) groups is 1. The highest BCUT2D eigenvalue weighted by molar-refractivity contribution is 5.88. The molecular formula is C19H19F3N4O2. The van der Waals surface area contributed by atoms with Gasteiger partial charge in [-0.1, -0.05) is 36.4 Å². The zero-order valence-corrected chi connectivity index (χ0v) is 15.1. The Kier molecular flexibility index (Phi) is 5.93. The fourth-order valence-corrected chi connectivity index (χ4v) is 2.86. The summed E-state index contributed by atoms with van der Waals surface area (Å²) in [5.74, 6) is -0.138. The number of hydrazine groups is 1. The molecule has 0 saturated heterocycles. The van der Waals surface area contributed by atoms with Crippen LogP contribution in [0.25, 0.3) is 0 Å². The maximum absolute atomic E-state index is 12.3. The van der Waals surface area contributed by atoms with E-state index in [0.717, 1.165) is 5.56 Å². The lowest BCUT2D eigenvalue weighted by molar-refractivity contribution is -0.154. The van der Waals surface area contributed by atoms with Gasteiger partial charge >= 0.3 is 12.2 Å². The van der Waals surface area contributed by atoms with E-state index < -0.39 is 12.8 Å². The molecule has 28 heavy (non-hydrogen) atoms. The maximum atomic E-state index is 12.3. The Bertz CT molecular complexity index is 825. The summed E-state index contributed by atoms with van der Waals surface area (Å²) in [4.78, 5) is 19.9. The number of ether oxygens (including phenoxy) is 1. The van der Waals surface area contributed by atoms with Crippen LogP contribution in [0, 0.1) is 0 Å². The van der Waals surface area contributed by atoms with Gasteiger partial charge in [0.15, 0.2) is 6.61 Å². The van der Waals surface area contributed by atoms with Crippen molar-refractivity contribution in [2.24, 2.45) is 0 Å². The molecule has 1 aromatic heterocycles. The average Bonchev–Trinajstić information content (AvgIpc) is 2.67. The van der Waals surface area contributed by atoms with Gasteiger partial charge in [0, 0.05) is 37.6 Å². The highest BCUT2D eigenvalue weighted by atomic mass is 19.4. The van der Waals surface area contributed by atoms with E-state index in [9.17, 15) is 18.0 Å². The van der Waals surface area contributed by atoms with Gasteiger partial charge in [-0.2, -0.15) is 13.2 Å². The van der Waals surface area contributed by atoms with Gasteiger partial charge in [0.1, 0.15) is 0 Å². The number of halogens is 3. The summed E-state index contributed by atoms with van der Waals surface area (Å²) in [5, 5.41) is 3.38. The molecule has 0 aliphatic carbocycles. The summed E-state index contributed by atoms with van der Waals surface area (Å²) in [6, 6.07) is 9.15. The lowest BCUT2D eigenvalue weighted by atomic mass is 10.1. The molecule has 2 heterocycles. The van der Waals surface area contributed by atoms with Crippen molar-refractivity contribution in [2.45, 2.75) is 18.6 Å². The second kappa shape index (κ2) is 8.39. The monoisotopic (exact) mass is 392 g/mol. The minimum absolute atomic E-state index is 0.138. The summed E-state index contributed by atoms with van der Waals surface area (Å²) >= 11 is 0. The maximum Gasteiger partial charge on any atom is 0.422 e. The van der Waals surface area contributed by atoms with Crippen LogP contribution >= 0.6 is 0 Å². The standard InChI is InChI=1S/C19H19F3N4O2/c1-25-16(15-11-23-18(24-12-15)28-13-19(20,21)22)7-8-17(27)26(25)10-9-14-5-3-2-4-6-14/h2-8,11-12,16H,9-10,13H2,1H3. The molecular weight excluding hydrogens is 373 g/mol. The quantitative estimate of drug-likeness (QED) is 0.757. The molecule has 6 nitrogen and oxygen atoms in total. The molecule has 1 aliphatic rings. The van der Waals surface area contributed by atoms with Crippen LogP contribution in [-0.4, -0.2) is 52.3 Å². The molecule has 1 atom stereocenters. The van der Waals surface area contributed by atoms with Gasteiger partial charge in [0.2, 0.25) is 0 Å². The highest BCUT2D eigenvalue weighted by Gasteiger charge is 2.30. The molecule has 1 unspecified atom stereocenters. The van der Waals surface area contributed by atoms with Gasteiger partial charge in [-0.15, -0.1) is 0 Å². The second-order valence-electron chi connectivity index (χ2n) is 6.28. The van der Waals surface area contributed by atoms with Crippen molar-refractivity contribution in [3.63, 3.8) is 0 Å². The molecule has 9 heteroatoms. The topological polar surface area (TPSA) is 58.6 Å². The molecule has 1 aromatic carbocycles. The normalized spacial score (nSPS) is 17.8. The number of likely N-dealkylation sites (N-methyl/N-ethyl adjacent to an activating group) is 1. The summed E-state index contributed by atoms with van der Waals surface area (Å²) in [6.07, 6.45) is 2.22. The average molecular weight is 392 g/mol. The largest absolute Gasteiger partial charge is 0.454 e. The fraction of sp³-hybridized carbons (Fsp3) is 0.316. The third kappa shape index (κ3) is 5.07. The Labute approximate surface area is 160 Å². The van der Waals surface area contributed by atoms with Gasteiger partial charge in [-0.25, -0.2) is 15.0 Å². The summed E-state index contributed by atoms with van der Waals surface area (Å²) < 4.78 is 41.1. The van der Waals surface area contributed by atoms with Crippen molar-refractivity contribution in [2.75, 3.05) is 20.2 Å². The van der Waals surface area contributed by atoms with E-state index in [-0.39, 0.29) is 18.0 Å². The molecule has 0 spiro atoms. The van der Waals surface area contributed by atoms with E-state index in [4.69, 9.17) is 0 Å². The molecule has 0 bridgehead atoms. The zero-order chi connectivity index (χ0) is 20.1. The minimum atomic E-state index is -4.45. The molecule has 3 rings (SSSR count). The van der Waals surface area contributed by atoms with Crippen molar-refractivity contribution < 1.29 is 22.7 Å². The van der Waals surface area contributed by atoms with Gasteiger partial charge in [0.25, 0.3) is 5.91 Å². The first-order chi connectivity index (χ1) is 13.3. The Morgan fingerprint density at radius 2 is 1.82 bits per heavy atom. The predicted octanol–water partition coefficient (Wildman–Crippen LogP) is 2.95. The molecule has 2 aromatic rings. The van der Waals surface area contributed by atoms with Gasteiger partial charge in [-0.3, -0.25) is 9.80 Å². The summed E-state index contributed by atoms with van der Waals surface area (Å²) in [6.45, 7) is -0.953.